The maximum Gasteiger partial charge on any atom is 0.306 e. The van der Waals surface area contributed by atoms with Crippen molar-refractivity contribution in [1.29, 1.82) is 0 Å². The Bertz CT molecular complexity index is 931. The lowest BCUT2D eigenvalue weighted by Gasteiger charge is -2.15. The zero-order chi connectivity index (χ0) is 41.2. The molecule has 0 aliphatic carbocycles. The molecule has 0 saturated carbocycles. The third-order valence-corrected chi connectivity index (χ3v) is 10.9. The topological polar surface area (TPSA) is 55.8 Å². The number of aliphatic hydroxyl groups excluding tert-OH is 1. The summed E-state index contributed by atoms with van der Waals surface area (Å²) in [6.07, 6.45) is 67.4. The first-order chi connectivity index (χ1) is 28.2. The smallest absolute Gasteiger partial charge is 0.306 e. The molecule has 332 valence electrons. The second kappa shape index (κ2) is 50.2. The number of carbonyl (C=O) groups excluding carboxylic acids is 1. The monoisotopic (exact) mass is 797 g/mol. The van der Waals surface area contributed by atoms with Crippen molar-refractivity contribution in [3.8, 4) is 0 Å². The van der Waals surface area contributed by atoms with Crippen LogP contribution in [0.25, 0.3) is 0 Å². The summed E-state index contributed by atoms with van der Waals surface area (Å²) in [4.78, 5) is 12.2. The van der Waals surface area contributed by atoms with E-state index < -0.39 is 6.10 Å². The number of hydrogen-bond donors (Lipinski definition) is 1. The van der Waals surface area contributed by atoms with Gasteiger partial charge in [-0.3, -0.25) is 4.79 Å². The van der Waals surface area contributed by atoms with Gasteiger partial charge in [-0.15, -0.1) is 0 Å². The van der Waals surface area contributed by atoms with Gasteiger partial charge in [-0.1, -0.05) is 242 Å². The van der Waals surface area contributed by atoms with Crippen molar-refractivity contribution < 1.29 is 19.4 Å². The normalized spacial score (nSPS) is 12.8. The zero-order valence-corrected chi connectivity index (χ0v) is 38.1. The second-order valence-electron chi connectivity index (χ2n) is 16.5. The Labute approximate surface area is 355 Å². The van der Waals surface area contributed by atoms with Crippen molar-refractivity contribution in [2.24, 2.45) is 0 Å². The van der Waals surface area contributed by atoms with Crippen LogP contribution in [0.15, 0.2) is 60.8 Å². The van der Waals surface area contributed by atoms with Crippen LogP contribution in [0.2, 0.25) is 0 Å². The summed E-state index contributed by atoms with van der Waals surface area (Å²) < 4.78 is 11.2. The van der Waals surface area contributed by atoms with Gasteiger partial charge in [0.2, 0.25) is 0 Å². The molecule has 1 N–H and O–H groups in total. The molecule has 0 aromatic rings. The minimum Gasteiger partial charge on any atom is -0.457 e. The molecule has 1 unspecified atom stereocenters. The van der Waals surface area contributed by atoms with Gasteiger partial charge >= 0.3 is 5.97 Å². The summed E-state index contributed by atoms with van der Waals surface area (Å²) in [6, 6.07) is 0. The van der Waals surface area contributed by atoms with E-state index in [1.165, 1.54) is 161 Å². The van der Waals surface area contributed by atoms with Gasteiger partial charge in [0.15, 0.2) is 0 Å². The first-order valence-corrected chi connectivity index (χ1v) is 24.9. The number of ether oxygens (including phenoxy) is 2. The van der Waals surface area contributed by atoms with Gasteiger partial charge in [0, 0.05) is 13.0 Å². The van der Waals surface area contributed by atoms with E-state index in [0.717, 1.165) is 64.2 Å². The molecule has 0 radical (unpaired) electrons. The molecule has 0 rings (SSSR count). The van der Waals surface area contributed by atoms with E-state index in [4.69, 9.17) is 9.47 Å². The minimum absolute atomic E-state index is 0.180. The largest absolute Gasteiger partial charge is 0.457 e. The molecule has 4 nitrogen and oxygen atoms in total. The van der Waals surface area contributed by atoms with E-state index in [1.54, 1.807) is 0 Å². The minimum atomic E-state index is -0.546. The summed E-state index contributed by atoms with van der Waals surface area (Å²) >= 11 is 0. The van der Waals surface area contributed by atoms with Crippen LogP contribution in [0.3, 0.4) is 0 Å². The molecule has 0 aromatic carbocycles. The van der Waals surface area contributed by atoms with Crippen LogP contribution in [-0.2, 0) is 14.3 Å². The first kappa shape index (κ1) is 55.1. The Balaban J connectivity index is 3.43. The van der Waals surface area contributed by atoms with Crippen LogP contribution in [0.5, 0.6) is 0 Å². The van der Waals surface area contributed by atoms with Gasteiger partial charge in [-0.05, 0) is 57.8 Å². The van der Waals surface area contributed by atoms with Crippen LogP contribution < -0.4 is 0 Å². The van der Waals surface area contributed by atoms with Gasteiger partial charge in [-0.2, -0.15) is 0 Å². The summed E-state index contributed by atoms with van der Waals surface area (Å²) in [7, 11) is 0. The molecule has 57 heavy (non-hydrogen) atoms. The summed E-state index contributed by atoms with van der Waals surface area (Å²) in [5.74, 6) is -0.216. The Morgan fingerprint density at radius 2 is 0.789 bits per heavy atom. The Morgan fingerprint density at radius 3 is 1.19 bits per heavy atom. The van der Waals surface area contributed by atoms with E-state index in [2.05, 4.69) is 74.6 Å². The van der Waals surface area contributed by atoms with Gasteiger partial charge < -0.3 is 14.6 Å². The molecular weight excluding hydrogens is 701 g/mol. The highest BCUT2D eigenvalue weighted by atomic mass is 16.6. The van der Waals surface area contributed by atoms with E-state index in [0.29, 0.717) is 13.0 Å². The molecule has 1 atom stereocenters. The summed E-state index contributed by atoms with van der Waals surface area (Å²) in [6.45, 7) is 5.24. The maximum atomic E-state index is 12.2. The van der Waals surface area contributed by atoms with Crippen LogP contribution in [-0.4, -0.2) is 37.0 Å². The number of hydrogen-bond acceptors (Lipinski definition) is 4. The average molecular weight is 797 g/mol. The third kappa shape index (κ3) is 48.4. The molecule has 0 spiro atoms. The predicted octanol–water partition coefficient (Wildman–Crippen LogP) is 16.8. The molecule has 0 bridgehead atoms. The Kier molecular flexibility index (Phi) is 48.6. The van der Waals surface area contributed by atoms with Crippen molar-refractivity contribution in [3.05, 3.63) is 60.8 Å². The molecule has 0 saturated heterocycles. The molecule has 0 aliphatic rings. The third-order valence-electron chi connectivity index (χ3n) is 10.9. The fraction of sp³-hybridized carbons (Fsp3) is 0.792. The van der Waals surface area contributed by atoms with Crippen molar-refractivity contribution >= 4 is 5.97 Å². The SMILES string of the molecule is CC/C=C\C/C=C\C/C=C\C/C=C\C/C=C\CCCCCCCC(=O)OC(CO)COCCCCCCCCCCCCCCCCCCCCCCCCCC. The van der Waals surface area contributed by atoms with E-state index in [9.17, 15) is 9.90 Å². The van der Waals surface area contributed by atoms with Crippen molar-refractivity contribution in [2.45, 2.75) is 251 Å². The summed E-state index contributed by atoms with van der Waals surface area (Å²) in [5.41, 5.74) is 0. The number of esters is 1. The number of allylic oxidation sites excluding steroid dienone is 10. The van der Waals surface area contributed by atoms with Crippen LogP contribution in [0.1, 0.15) is 245 Å². The van der Waals surface area contributed by atoms with E-state index in [-0.39, 0.29) is 19.2 Å². The lowest BCUT2D eigenvalue weighted by molar-refractivity contribution is -0.154. The molecular formula is C53H96O4. The van der Waals surface area contributed by atoms with Gasteiger partial charge in [-0.25, -0.2) is 0 Å². The van der Waals surface area contributed by atoms with Gasteiger partial charge in [0.05, 0.1) is 13.2 Å². The highest BCUT2D eigenvalue weighted by Crippen LogP contribution is 2.16. The molecule has 0 aromatic heterocycles. The quantitative estimate of drug-likeness (QED) is 0.0379. The van der Waals surface area contributed by atoms with Crippen LogP contribution >= 0.6 is 0 Å². The molecule has 0 heterocycles. The second-order valence-corrected chi connectivity index (χ2v) is 16.5. The highest BCUT2D eigenvalue weighted by Gasteiger charge is 2.13. The first-order valence-electron chi connectivity index (χ1n) is 24.9. The standard InChI is InChI=1S/C53H96O4/c1-3-5-7-9-11-13-15-17-19-21-23-25-26-27-29-31-33-35-37-39-41-43-45-47-49-56-51-52(50-54)57-53(55)48-46-44-42-40-38-36-34-32-30-28-24-22-20-18-16-14-12-10-8-6-4-2/h6,8,12,14,18,20,24,28,32,34,52,54H,3-5,7,9-11,13,15-17,19,21-23,25-27,29-31,33,35-51H2,1-2H3/b8-6-,14-12-,20-18-,28-24-,34-32-. The van der Waals surface area contributed by atoms with E-state index in [1.807, 2.05) is 0 Å². The zero-order valence-electron chi connectivity index (χ0n) is 38.1. The maximum absolute atomic E-state index is 12.2. The summed E-state index contributed by atoms with van der Waals surface area (Å²) in [5, 5.41) is 9.64. The molecule has 4 heteroatoms. The van der Waals surface area contributed by atoms with E-state index >= 15 is 0 Å². The number of carbonyl (C=O) groups is 1. The van der Waals surface area contributed by atoms with Gasteiger partial charge in [0.1, 0.15) is 6.10 Å². The Hall–Kier alpha value is -1.91. The van der Waals surface area contributed by atoms with Crippen LogP contribution in [0, 0.1) is 0 Å². The van der Waals surface area contributed by atoms with Crippen molar-refractivity contribution in [3.63, 3.8) is 0 Å². The fourth-order valence-electron chi connectivity index (χ4n) is 7.18. The lowest BCUT2D eigenvalue weighted by Crippen LogP contribution is -2.27. The molecule has 0 amide bonds. The molecule has 0 fully saturated rings. The van der Waals surface area contributed by atoms with Crippen LogP contribution in [0.4, 0.5) is 0 Å². The predicted molar refractivity (Wildman–Crippen MR) is 251 cm³/mol. The average Bonchev–Trinajstić information content (AvgIpc) is 3.22. The number of rotatable bonds is 46. The lowest BCUT2D eigenvalue weighted by atomic mass is 10.0. The molecule has 0 aliphatic heterocycles. The van der Waals surface area contributed by atoms with Gasteiger partial charge in [0.25, 0.3) is 0 Å². The van der Waals surface area contributed by atoms with Crippen molar-refractivity contribution in [2.75, 3.05) is 19.8 Å². The number of aliphatic hydroxyl groups is 1. The van der Waals surface area contributed by atoms with Crippen molar-refractivity contribution in [1.82, 2.24) is 0 Å². The Morgan fingerprint density at radius 1 is 0.439 bits per heavy atom. The highest BCUT2D eigenvalue weighted by molar-refractivity contribution is 5.69. The number of unbranched alkanes of at least 4 members (excludes halogenated alkanes) is 28. The fourth-order valence-corrected chi connectivity index (χ4v) is 7.18.